The highest BCUT2D eigenvalue weighted by atomic mass is 79.9. The second kappa shape index (κ2) is 9.25. The second-order valence-corrected chi connectivity index (χ2v) is 9.33. The molecular weight excluding hydrogens is 472 g/mol. The number of nitrogens with zero attached hydrogens (tertiary/aromatic N) is 3. The molecule has 0 atom stereocenters. The van der Waals surface area contributed by atoms with E-state index in [4.69, 9.17) is 9.47 Å². The molecule has 0 radical (unpaired) electrons. The topological polar surface area (TPSA) is 93.7 Å². The Hall–Kier alpha value is -2.27. The molecule has 30 heavy (non-hydrogen) atoms. The predicted octanol–water partition coefficient (Wildman–Crippen LogP) is 2.90. The number of hydrogen-bond donors (Lipinski definition) is 1. The predicted molar refractivity (Wildman–Crippen MR) is 117 cm³/mol. The zero-order chi connectivity index (χ0) is 21.0. The van der Waals surface area contributed by atoms with Gasteiger partial charge in [0.1, 0.15) is 6.61 Å². The van der Waals surface area contributed by atoms with E-state index in [1.54, 1.807) is 18.2 Å². The molecule has 1 aliphatic rings. The Morgan fingerprint density at radius 1 is 1.03 bits per heavy atom. The quantitative estimate of drug-likeness (QED) is 0.541. The lowest BCUT2D eigenvalue weighted by atomic mass is 10.3. The number of aromatic nitrogens is 2. The minimum Gasteiger partial charge on any atom is -0.474 e. The van der Waals surface area contributed by atoms with Gasteiger partial charge in [-0.25, -0.2) is 18.4 Å². The van der Waals surface area contributed by atoms with Crippen molar-refractivity contribution in [1.29, 1.82) is 0 Å². The van der Waals surface area contributed by atoms with Gasteiger partial charge in [0.15, 0.2) is 0 Å². The number of para-hydroxylation sites is 2. The van der Waals surface area contributed by atoms with Crippen LogP contribution in [0.5, 0.6) is 5.88 Å². The fourth-order valence-electron chi connectivity index (χ4n) is 3.05. The molecule has 0 bridgehead atoms. The molecular formula is C20H21BrN4O4S. The van der Waals surface area contributed by atoms with Crippen LogP contribution in [0.3, 0.4) is 0 Å². The van der Waals surface area contributed by atoms with Crippen molar-refractivity contribution in [2.45, 2.75) is 4.90 Å². The Morgan fingerprint density at radius 2 is 1.70 bits per heavy atom. The molecule has 1 aliphatic heterocycles. The maximum atomic E-state index is 12.9. The Balaban J connectivity index is 1.58. The van der Waals surface area contributed by atoms with Gasteiger partial charge in [0.2, 0.25) is 5.82 Å². The lowest BCUT2D eigenvalue weighted by molar-refractivity contribution is 0.0320. The van der Waals surface area contributed by atoms with E-state index in [0.717, 1.165) is 17.6 Å². The molecule has 4 rings (SSSR count). The van der Waals surface area contributed by atoms with Gasteiger partial charge < -0.3 is 9.47 Å². The molecule has 1 aromatic heterocycles. The van der Waals surface area contributed by atoms with E-state index in [-0.39, 0.29) is 16.6 Å². The van der Waals surface area contributed by atoms with Crippen molar-refractivity contribution in [3.63, 3.8) is 0 Å². The van der Waals surface area contributed by atoms with Crippen LogP contribution in [0.2, 0.25) is 0 Å². The van der Waals surface area contributed by atoms with Crippen molar-refractivity contribution in [3.05, 3.63) is 53.0 Å². The number of ether oxygens (including phenoxy) is 2. The highest BCUT2D eigenvalue weighted by molar-refractivity contribution is 9.10. The van der Waals surface area contributed by atoms with Gasteiger partial charge in [-0.1, -0.05) is 28.1 Å². The minimum absolute atomic E-state index is 0.0681. The fourth-order valence-corrected chi connectivity index (χ4v) is 4.31. The summed E-state index contributed by atoms with van der Waals surface area (Å²) in [6, 6.07) is 13.6. The van der Waals surface area contributed by atoms with Crippen molar-refractivity contribution in [1.82, 2.24) is 14.9 Å². The lowest BCUT2D eigenvalue weighted by Crippen LogP contribution is -2.38. The number of fused-ring (bicyclic) bond motifs is 1. The summed E-state index contributed by atoms with van der Waals surface area (Å²) in [7, 11) is -3.85. The number of morpholine rings is 1. The first-order valence-corrected chi connectivity index (χ1v) is 11.8. The maximum Gasteiger partial charge on any atom is 0.263 e. The van der Waals surface area contributed by atoms with E-state index < -0.39 is 10.0 Å². The molecule has 0 unspecified atom stereocenters. The SMILES string of the molecule is O=S(=O)(Nc1nc2ccccc2nc1OCCN1CCOCC1)c1ccc(Br)cc1. The van der Waals surface area contributed by atoms with Gasteiger partial charge in [-0.3, -0.25) is 9.62 Å². The molecule has 0 amide bonds. The third kappa shape index (κ3) is 5.07. The molecule has 1 fully saturated rings. The molecule has 1 N–H and O–H groups in total. The van der Waals surface area contributed by atoms with Gasteiger partial charge in [0.25, 0.3) is 15.9 Å². The zero-order valence-corrected chi connectivity index (χ0v) is 18.5. The smallest absolute Gasteiger partial charge is 0.263 e. The average Bonchev–Trinajstić information content (AvgIpc) is 2.75. The summed E-state index contributed by atoms with van der Waals surface area (Å²) in [5.74, 6) is 0.223. The van der Waals surface area contributed by atoms with Crippen LogP contribution < -0.4 is 9.46 Å². The van der Waals surface area contributed by atoms with Crippen LogP contribution in [-0.2, 0) is 14.8 Å². The van der Waals surface area contributed by atoms with E-state index in [9.17, 15) is 8.42 Å². The van der Waals surface area contributed by atoms with E-state index in [1.807, 2.05) is 18.2 Å². The zero-order valence-electron chi connectivity index (χ0n) is 16.1. The summed E-state index contributed by atoms with van der Waals surface area (Å²) >= 11 is 3.31. The van der Waals surface area contributed by atoms with Crippen molar-refractivity contribution < 1.29 is 17.9 Å². The molecule has 0 aliphatic carbocycles. The first-order chi connectivity index (χ1) is 14.5. The van der Waals surface area contributed by atoms with Crippen LogP contribution >= 0.6 is 15.9 Å². The van der Waals surface area contributed by atoms with Crippen LogP contribution in [0, 0.1) is 0 Å². The molecule has 2 heterocycles. The number of benzene rings is 2. The van der Waals surface area contributed by atoms with E-state index in [1.165, 1.54) is 12.1 Å². The maximum absolute atomic E-state index is 12.9. The summed E-state index contributed by atoms with van der Waals surface area (Å²) in [5, 5.41) is 0. The Morgan fingerprint density at radius 3 is 2.40 bits per heavy atom. The van der Waals surface area contributed by atoms with Gasteiger partial charge in [-0.2, -0.15) is 0 Å². The van der Waals surface area contributed by atoms with Crippen LogP contribution in [-0.4, -0.2) is 62.7 Å². The number of nitrogens with one attached hydrogen (secondary N) is 1. The van der Waals surface area contributed by atoms with Crippen LogP contribution in [0.25, 0.3) is 11.0 Å². The monoisotopic (exact) mass is 492 g/mol. The summed E-state index contributed by atoms with van der Waals surface area (Å²) in [5.41, 5.74) is 1.21. The van der Waals surface area contributed by atoms with Gasteiger partial charge in [-0.15, -0.1) is 0 Å². The highest BCUT2D eigenvalue weighted by Gasteiger charge is 2.20. The molecule has 158 valence electrons. The summed E-state index contributed by atoms with van der Waals surface area (Å²) < 4.78 is 40.2. The van der Waals surface area contributed by atoms with Gasteiger partial charge >= 0.3 is 0 Å². The Labute approximate surface area is 183 Å². The molecule has 2 aromatic carbocycles. The van der Waals surface area contributed by atoms with E-state index >= 15 is 0 Å². The van der Waals surface area contributed by atoms with Gasteiger partial charge in [0, 0.05) is 24.1 Å². The summed E-state index contributed by atoms with van der Waals surface area (Å²) in [4.78, 5) is 11.3. The molecule has 0 saturated carbocycles. The van der Waals surface area contributed by atoms with Crippen LogP contribution in [0.1, 0.15) is 0 Å². The largest absolute Gasteiger partial charge is 0.474 e. The van der Waals surface area contributed by atoms with Gasteiger partial charge in [-0.05, 0) is 36.4 Å². The number of sulfonamides is 1. The van der Waals surface area contributed by atoms with Crippen molar-refractivity contribution in [2.75, 3.05) is 44.2 Å². The standard InChI is InChI=1S/C20H21BrN4O4S/c21-15-5-7-16(8-6-15)30(26,27)24-19-20(23-18-4-2-1-3-17(18)22-19)29-14-11-25-9-12-28-13-10-25/h1-8H,9-14H2,(H,22,24). The second-order valence-electron chi connectivity index (χ2n) is 6.73. The summed E-state index contributed by atoms with van der Waals surface area (Å²) in [6.07, 6.45) is 0. The Bertz CT molecular complexity index is 1120. The van der Waals surface area contributed by atoms with Crippen molar-refractivity contribution in [3.8, 4) is 5.88 Å². The lowest BCUT2D eigenvalue weighted by Gasteiger charge is -2.26. The molecule has 3 aromatic rings. The van der Waals surface area contributed by atoms with Crippen LogP contribution in [0.15, 0.2) is 57.9 Å². The van der Waals surface area contributed by atoms with Gasteiger partial charge in [0.05, 0.1) is 29.1 Å². The minimum atomic E-state index is -3.85. The third-order valence-corrected chi connectivity index (χ3v) is 6.53. The van der Waals surface area contributed by atoms with Crippen molar-refractivity contribution >= 4 is 42.8 Å². The molecule has 8 nitrogen and oxygen atoms in total. The van der Waals surface area contributed by atoms with E-state index in [2.05, 4.69) is 35.5 Å². The number of anilines is 1. The molecule has 1 saturated heterocycles. The Kier molecular flexibility index (Phi) is 6.47. The van der Waals surface area contributed by atoms with E-state index in [0.29, 0.717) is 37.4 Å². The third-order valence-electron chi connectivity index (χ3n) is 4.64. The first kappa shape index (κ1) is 21.0. The number of halogens is 1. The normalized spacial score (nSPS) is 15.2. The summed E-state index contributed by atoms with van der Waals surface area (Å²) in [6.45, 7) is 4.14. The first-order valence-electron chi connectivity index (χ1n) is 9.49. The number of rotatable bonds is 7. The van der Waals surface area contributed by atoms with Crippen molar-refractivity contribution in [2.24, 2.45) is 0 Å². The molecule has 0 spiro atoms. The number of hydrogen-bond acceptors (Lipinski definition) is 7. The van der Waals surface area contributed by atoms with Crippen LogP contribution in [0.4, 0.5) is 5.82 Å². The molecule has 10 heteroatoms. The fraction of sp³-hybridized carbons (Fsp3) is 0.300. The highest BCUT2D eigenvalue weighted by Crippen LogP contribution is 2.26. The average molecular weight is 493 g/mol.